The third-order valence-corrected chi connectivity index (χ3v) is 17.5. The Morgan fingerprint density at radius 1 is 0.875 bits per heavy atom. The van der Waals surface area contributed by atoms with Crippen molar-refractivity contribution in [3.8, 4) is 0 Å². The van der Waals surface area contributed by atoms with Crippen LogP contribution >= 0.6 is 23.1 Å². The first-order valence-corrected chi connectivity index (χ1v) is 32.3. The first-order valence-electron chi connectivity index (χ1n) is 30.1. The topological polar surface area (TPSA) is 326 Å². The van der Waals surface area contributed by atoms with Crippen molar-refractivity contribution in [3.63, 3.8) is 0 Å². The van der Waals surface area contributed by atoms with E-state index in [0.29, 0.717) is 38.9 Å². The second kappa shape index (κ2) is 38.1. The van der Waals surface area contributed by atoms with Gasteiger partial charge in [-0.25, -0.2) is 4.98 Å². The molecule has 0 aliphatic carbocycles. The van der Waals surface area contributed by atoms with Crippen LogP contribution in [-0.2, 0) is 63.9 Å². The number of likely N-dealkylation sites (N-methyl/N-ethyl adjacent to an activating group) is 2. The summed E-state index contributed by atoms with van der Waals surface area (Å²) in [6.07, 6.45) is 3.71. The van der Waals surface area contributed by atoms with E-state index in [1.54, 1.807) is 63.3 Å². The van der Waals surface area contributed by atoms with Crippen LogP contribution in [0.4, 0.5) is 0 Å². The molecule has 88 heavy (non-hydrogen) atoms. The van der Waals surface area contributed by atoms with Crippen LogP contribution in [0.5, 0.6) is 0 Å². The molecule has 2 aromatic rings. The number of carboxylic acids is 1. The number of amides is 9. The first-order chi connectivity index (χ1) is 41.6. The molecule has 5 unspecified atom stereocenters. The second-order valence-corrected chi connectivity index (χ2v) is 25.3. The highest BCUT2D eigenvalue weighted by atomic mass is 32.2. The maximum Gasteiger partial charge on any atom is 0.306 e. The number of aryl methyl sites for hydroxylation is 1. The van der Waals surface area contributed by atoms with Gasteiger partial charge in [0.15, 0.2) is 0 Å². The van der Waals surface area contributed by atoms with E-state index in [1.807, 2.05) is 58.9 Å². The summed E-state index contributed by atoms with van der Waals surface area (Å²) in [6.45, 7) is 17.2. The number of aliphatic carboxylic acids is 1. The Morgan fingerprint density at radius 2 is 1.57 bits per heavy atom. The lowest BCUT2D eigenvalue weighted by Crippen LogP contribution is -2.60. The van der Waals surface area contributed by atoms with E-state index >= 15 is 0 Å². The molecular formula is C61H97N11O14S2. The van der Waals surface area contributed by atoms with Gasteiger partial charge in [0.1, 0.15) is 41.1 Å². The smallest absolute Gasteiger partial charge is 0.306 e. The van der Waals surface area contributed by atoms with E-state index in [0.717, 1.165) is 27.4 Å². The number of hydrogen-bond acceptors (Lipinski definition) is 18. The minimum absolute atomic E-state index is 0.0169. The number of hydrogen-bond donors (Lipinski definition) is 7. The third-order valence-electron chi connectivity index (χ3n) is 15.7. The number of imide groups is 1. The van der Waals surface area contributed by atoms with Crippen LogP contribution in [0, 0.1) is 24.7 Å². The van der Waals surface area contributed by atoms with Crippen LogP contribution in [0.1, 0.15) is 140 Å². The Hall–Kier alpha value is -6.55. The van der Waals surface area contributed by atoms with E-state index in [1.165, 1.54) is 25.8 Å². The molecule has 1 aliphatic heterocycles. The molecule has 1 aromatic heterocycles. The molecule has 0 radical (unpaired) electrons. The van der Waals surface area contributed by atoms with Crippen LogP contribution in [0.3, 0.4) is 0 Å². The number of likely N-dealkylation sites (tertiary alicyclic amines) is 1. The summed E-state index contributed by atoms with van der Waals surface area (Å²) in [5.41, 5.74) is 1.31. The number of carboxylic acid groups (broad SMARTS) is 1. The van der Waals surface area contributed by atoms with Gasteiger partial charge in [-0.15, -0.1) is 11.3 Å². The minimum atomic E-state index is -1.11. The van der Waals surface area contributed by atoms with E-state index in [-0.39, 0.29) is 129 Å². The van der Waals surface area contributed by atoms with E-state index in [9.17, 15) is 53.1 Å². The third kappa shape index (κ3) is 24.8. The number of nitrogens with one attached hydrogen (secondary N) is 6. The van der Waals surface area contributed by atoms with Crippen molar-refractivity contribution < 1.29 is 67.4 Å². The molecule has 3 rings (SSSR count). The highest BCUT2D eigenvalue weighted by Gasteiger charge is 2.40. The van der Waals surface area contributed by atoms with Gasteiger partial charge >= 0.3 is 5.97 Å². The first kappa shape index (κ1) is 75.7. The van der Waals surface area contributed by atoms with Crippen molar-refractivity contribution in [2.75, 3.05) is 80.6 Å². The van der Waals surface area contributed by atoms with E-state index in [4.69, 9.17) is 14.3 Å². The number of carbonyl (C=O) groups excluding carboxylic acids is 9. The lowest BCUT2D eigenvalue weighted by atomic mass is 9.92. The highest BCUT2D eigenvalue weighted by Crippen LogP contribution is 2.25. The van der Waals surface area contributed by atoms with Gasteiger partial charge in [-0.3, -0.25) is 57.7 Å². The van der Waals surface area contributed by atoms with Gasteiger partial charge in [-0.2, -0.15) is 11.8 Å². The summed E-state index contributed by atoms with van der Waals surface area (Å²) in [7, 11) is 6.77. The summed E-state index contributed by atoms with van der Waals surface area (Å²) in [5, 5.41) is 32.6. The van der Waals surface area contributed by atoms with Crippen molar-refractivity contribution in [2.24, 2.45) is 22.9 Å². The zero-order valence-corrected chi connectivity index (χ0v) is 55.5. The molecule has 1 aromatic carbocycles. The van der Waals surface area contributed by atoms with Crippen LogP contribution in [-0.4, -0.2) is 211 Å². The predicted octanol–water partition coefficient (Wildman–Crippen LogP) is 3.69. The number of thiazole rings is 1. The lowest BCUT2D eigenvalue weighted by molar-refractivity contribution is -0.142. The quantitative estimate of drug-likeness (QED) is 0.0216. The van der Waals surface area contributed by atoms with E-state index < -0.39 is 76.5 Å². The number of thioether (sulfide) groups is 1. The van der Waals surface area contributed by atoms with Crippen molar-refractivity contribution in [1.82, 2.24) is 51.6 Å². The number of ether oxygens (including phenoxy) is 2. The zero-order valence-electron chi connectivity index (χ0n) is 53.9. The second-order valence-electron chi connectivity index (χ2n) is 23.4. The van der Waals surface area contributed by atoms with Crippen molar-refractivity contribution >= 4 is 87.9 Å². The number of methoxy groups -OCH3 is 1. The minimum Gasteiger partial charge on any atom is -0.481 e. The summed E-state index contributed by atoms with van der Waals surface area (Å²) in [4.78, 5) is 147. The molecule has 7 N–H and O–H groups in total. The fourth-order valence-electron chi connectivity index (χ4n) is 9.16. The molecule has 492 valence electrons. The molecular weight excluding hydrogens is 1170 g/mol. The van der Waals surface area contributed by atoms with Crippen LogP contribution in [0.15, 0.2) is 34.8 Å². The number of nitrogens with zero attached hydrogens (tertiary/aromatic N) is 5. The molecule has 0 bridgehead atoms. The molecule has 27 heteroatoms. The monoisotopic (exact) mass is 1270 g/mol. The molecule has 25 nitrogen and oxygen atoms in total. The molecule has 2 heterocycles. The summed E-state index contributed by atoms with van der Waals surface area (Å²) in [5.74, 6) is -6.07. The van der Waals surface area contributed by atoms with Crippen molar-refractivity contribution in [3.05, 3.63) is 51.5 Å². The van der Waals surface area contributed by atoms with Crippen LogP contribution in [0.25, 0.3) is 0 Å². The predicted molar refractivity (Wildman–Crippen MR) is 337 cm³/mol. The van der Waals surface area contributed by atoms with Gasteiger partial charge in [0.25, 0.3) is 5.91 Å². The number of rotatable bonds is 41. The fourth-order valence-corrected chi connectivity index (χ4v) is 10.6. The van der Waals surface area contributed by atoms with Gasteiger partial charge < -0.3 is 56.2 Å². The number of aromatic nitrogens is 1. The standard InChI is InChI=1S/C61H97N11O14S2/c1-15-39(5)52(68-60(83)61(8,9)70(10)11)58(80)71(12)47(37(2)3)34-45(56-67-46(36-88-56)55(78)65-43(32-40(6)59(81)82)33-42-21-19-38(4)20-22-42)69-86-28-24-50(74)64-41(7)53(76)66-44(54(77)63-26-29-85-31-30-84-13)18-16-17-25-62-49(73)23-27-72-51(75)35-48(87-14)57(72)79/h19-22,36-37,39-41,43-44,47-48,52H,15-18,23-35H2,1-14H3,(H,62,73)(H,63,77)(H,64,74)(H,65,78)(H,66,76)(H,68,83)(H,81,82)/b69-45+/t39?,40?,41?,43-,44?,47-,48?,52+/m1/s1. The Labute approximate surface area is 527 Å². The molecule has 0 saturated carbocycles. The maximum atomic E-state index is 14.6. The van der Waals surface area contributed by atoms with Gasteiger partial charge in [-0.1, -0.05) is 76.0 Å². The van der Waals surface area contributed by atoms with Crippen LogP contribution in [0.2, 0.25) is 0 Å². The highest BCUT2D eigenvalue weighted by molar-refractivity contribution is 8.00. The summed E-state index contributed by atoms with van der Waals surface area (Å²) >= 11 is 2.40. The SMILES string of the molecule is CCC(C)[C@H](NC(=O)C(C)(C)N(C)C)C(=O)N(C)[C@H](C/C(=N\OCCC(=O)NC(C)C(=O)NC(CCCCNC(=O)CCN1C(=O)CC(SC)C1=O)C(=O)NCCOCCOC)c1nc(C(=O)N[C@@H](Cc2ccc(C)cc2)CC(C)C(=O)O)cs1)C(C)C. The lowest BCUT2D eigenvalue weighted by Gasteiger charge is -2.38. The van der Waals surface area contributed by atoms with Gasteiger partial charge in [0.05, 0.1) is 42.9 Å². The summed E-state index contributed by atoms with van der Waals surface area (Å²) in [6, 6.07) is 3.61. The van der Waals surface area contributed by atoms with Gasteiger partial charge in [0, 0.05) is 70.5 Å². The van der Waals surface area contributed by atoms with E-state index in [2.05, 4.69) is 42.0 Å². The Balaban J connectivity index is 1.81. The van der Waals surface area contributed by atoms with Gasteiger partial charge in [0.2, 0.25) is 47.3 Å². The molecule has 1 fully saturated rings. The number of benzene rings is 1. The Morgan fingerprint density at radius 3 is 2.18 bits per heavy atom. The zero-order chi connectivity index (χ0) is 65.8. The Kier molecular flexibility index (Phi) is 32.8. The Bertz CT molecular complexity index is 2670. The fraction of sp³-hybridized carbons (Fsp3) is 0.672. The molecule has 8 atom stereocenters. The molecule has 1 aliphatic rings. The number of carbonyl (C=O) groups is 10. The molecule has 0 spiro atoms. The maximum absolute atomic E-state index is 14.6. The number of unbranched alkanes of at least 4 members (excludes halogenated alkanes) is 1. The molecule has 1 saturated heterocycles. The number of oxime groups is 1. The normalized spacial score (nSPS) is 16.0. The average Bonchev–Trinajstić information content (AvgIpc) is 2.31. The van der Waals surface area contributed by atoms with Gasteiger partial charge in [-0.05, 0) is 97.5 Å². The van der Waals surface area contributed by atoms with Crippen molar-refractivity contribution in [1.29, 1.82) is 0 Å². The average molecular weight is 1270 g/mol. The van der Waals surface area contributed by atoms with Crippen LogP contribution < -0.4 is 31.9 Å². The largest absolute Gasteiger partial charge is 0.481 e. The van der Waals surface area contributed by atoms with Crippen molar-refractivity contribution in [2.45, 2.75) is 168 Å². The summed E-state index contributed by atoms with van der Waals surface area (Å²) < 4.78 is 10.5. The molecule has 9 amide bonds.